The zero-order chi connectivity index (χ0) is 50.8. The van der Waals surface area contributed by atoms with Gasteiger partial charge in [0.25, 0.3) is 0 Å². The second kappa shape index (κ2) is 17.5. The first kappa shape index (κ1) is 49.4. The van der Waals surface area contributed by atoms with E-state index in [0.717, 1.165) is 89.1 Å². The Bertz CT molecular complexity index is 3630. The van der Waals surface area contributed by atoms with Crippen LogP contribution in [0, 0.1) is 0 Å². The van der Waals surface area contributed by atoms with Crippen molar-refractivity contribution in [3.05, 3.63) is 180 Å². The molecule has 0 aliphatic rings. The van der Waals surface area contributed by atoms with Crippen LogP contribution in [0.3, 0.4) is 0 Å². The van der Waals surface area contributed by atoms with E-state index in [2.05, 4.69) is 235 Å². The number of benzene rings is 7. The normalized spacial score (nSPS) is 12.7. The van der Waals surface area contributed by atoms with Gasteiger partial charge in [-0.25, -0.2) is 9.97 Å². The molecule has 0 aliphatic carbocycles. The average Bonchev–Trinajstić information content (AvgIpc) is 4.08. The summed E-state index contributed by atoms with van der Waals surface area (Å²) in [4.78, 5) is 11.6. The quantitative estimate of drug-likeness (QED) is 0.174. The van der Waals surface area contributed by atoms with Crippen molar-refractivity contribution in [2.75, 3.05) is 0 Å². The van der Waals surface area contributed by atoms with E-state index in [4.69, 9.17) is 9.97 Å². The summed E-state index contributed by atoms with van der Waals surface area (Å²) >= 11 is 0. The molecule has 0 amide bonds. The van der Waals surface area contributed by atoms with Gasteiger partial charge in [0.1, 0.15) is 22.5 Å². The maximum Gasteiger partial charge on any atom is 0.151 e. The first-order chi connectivity index (χ1) is 34.1. The molecule has 11 rings (SSSR count). The third-order valence-corrected chi connectivity index (χ3v) is 14.4. The molecule has 11 aromatic rings. The molecule has 0 atom stereocenters. The van der Waals surface area contributed by atoms with Crippen molar-refractivity contribution in [1.29, 1.82) is 0 Å². The molecule has 0 unspecified atom stereocenters. The van der Waals surface area contributed by atoms with Crippen molar-refractivity contribution in [2.24, 2.45) is 0 Å². The number of para-hydroxylation sites is 4. The summed E-state index contributed by atoms with van der Waals surface area (Å²) in [6.45, 7) is 26.2. The van der Waals surface area contributed by atoms with E-state index in [9.17, 15) is 10.2 Å². The topological polar surface area (TPSA) is 86.0 Å². The summed E-state index contributed by atoms with van der Waals surface area (Å²) < 4.78 is 9.09. The molecule has 4 heterocycles. The Morgan fingerprint density at radius 2 is 0.644 bits per heavy atom. The van der Waals surface area contributed by atoms with Gasteiger partial charge in [0.2, 0.25) is 0 Å². The zero-order valence-corrected chi connectivity index (χ0v) is 46.2. The zero-order valence-electron chi connectivity index (χ0n) is 43.9. The molecule has 0 spiro atoms. The van der Waals surface area contributed by atoms with E-state index >= 15 is 0 Å². The number of rotatable bonds is 6. The largest absolute Gasteiger partial charge is 0.507 e. The standard InChI is InChI=1S/C64H64N6O2.Pt/c1-61(2,3)39-35-45(55(71)47(37-39)63(7,8)9)57-65-53-51-49(67(41-25-17-13-18-26-41)59(53)69(57)43-29-21-15-22-30-43)33-34-50-52(51)54-60(68(50)42-27-19-14-20-28-42)70(44-31-23-16-24-32-44)58(66-54)46-36-40(62(4,5)6)38-48(56(46)72)64(10,11)12;/h13-38,71-72H,1-12H3;. The van der Waals surface area contributed by atoms with Gasteiger partial charge in [0, 0.05) is 65.7 Å². The van der Waals surface area contributed by atoms with Gasteiger partial charge in [-0.15, -0.1) is 0 Å². The van der Waals surface area contributed by atoms with E-state index in [1.807, 2.05) is 24.3 Å². The van der Waals surface area contributed by atoms with Gasteiger partial charge in [-0.1, -0.05) is 168 Å². The molecule has 0 aliphatic heterocycles. The molecule has 2 N–H and O–H groups in total. The number of aromatic nitrogens is 6. The smallest absolute Gasteiger partial charge is 0.151 e. The van der Waals surface area contributed by atoms with E-state index in [1.165, 1.54) is 0 Å². The van der Waals surface area contributed by atoms with Crippen LogP contribution in [0.1, 0.15) is 105 Å². The Balaban J connectivity index is 0.00000611. The summed E-state index contributed by atoms with van der Waals surface area (Å²) in [7, 11) is 0. The Morgan fingerprint density at radius 1 is 0.356 bits per heavy atom. The third-order valence-electron chi connectivity index (χ3n) is 14.4. The van der Waals surface area contributed by atoms with Gasteiger partial charge in [-0.2, -0.15) is 0 Å². The van der Waals surface area contributed by atoms with Gasteiger partial charge in [-0.05, 0) is 106 Å². The van der Waals surface area contributed by atoms with Gasteiger partial charge in [0.05, 0.1) is 22.2 Å². The predicted molar refractivity (Wildman–Crippen MR) is 298 cm³/mol. The van der Waals surface area contributed by atoms with Gasteiger partial charge in [-0.3, -0.25) is 18.3 Å². The third kappa shape index (κ3) is 8.10. The molecule has 0 radical (unpaired) electrons. The van der Waals surface area contributed by atoms with E-state index in [0.29, 0.717) is 22.8 Å². The molecule has 0 fully saturated rings. The molecule has 73 heavy (non-hydrogen) atoms. The summed E-state index contributed by atoms with van der Waals surface area (Å²) in [6, 6.07) is 54.8. The van der Waals surface area contributed by atoms with E-state index in [-0.39, 0.29) is 54.2 Å². The minimum Gasteiger partial charge on any atom is -0.507 e. The molecule has 0 saturated heterocycles. The van der Waals surface area contributed by atoms with Crippen LogP contribution in [0.15, 0.2) is 158 Å². The second-order valence-electron chi connectivity index (χ2n) is 23.6. The molecule has 0 saturated carbocycles. The minimum absolute atomic E-state index is 0. The van der Waals surface area contributed by atoms with Crippen molar-refractivity contribution in [3.63, 3.8) is 0 Å². The van der Waals surface area contributed by atoms with Crippen molar-refractivity contribution in [1.82, 2.24) is 28.2 Å². The molecule has 4 aromatic heterocycles. The Kier molecular flexibility index (Phi) is 11.9. The maximum atomic E-state index is 12.7. The SMILES string of the molecule is CC(C)(C)c1cc(-c2nc3c4c5c6nc(-c7cc(C(C)(C)C)cc(C(C)(C)C)c7O)n(-c7ccccc7)c6n(-c6ccccc6)c5ccc4n(-c4ccccc4)c3n2-c2ccccc2)c(O)c(C(C)(C)C)c1.[Pt]. The van der Waals surface area contributed by atoms with Crippen LogP contribution in [0.5, 0.6) is 11.5 Å². The minimum atomic E-state index is -0.364. The monoisotopic (exact) mass is 1140 g/mol. The van der Waals surface area contributed by atoms with Crippen LogP contribution in [-0.2, 0) is 42.7 Å². The number of phenolic OH excluding ortho intramolecular Hbond substituents is 2. The van der Waals surface area contributed by atoms with Crippen molar-refractivity contribution in [3.8, 4) is 57.0 Å². The number of fused-ring (bicyclic) bond motifs is 7. The Labute approximate surface area is 442 Å². The van der Waals surface area contributed by atoms with Crippen LogP contribution in [0.2, 0.25) is 0 Å². The summed E-state index contributed by atoms with van der Waals surface area (Å²) in [5.74, 6) is 1.71. The number of hydrogen-bond donors (Lipinski definition) is 2. The number of hydrogen-bond acceptors (Lipinski definition) is 4. The molecule has 0 bridgehead atoms. The summed E-state index contributed by atoms with van der Waals surface area (Å²) in [6.07, 6.45) is 0. The first-order valence-corrected chi connectivity index (χ1v) is 25.1. The van der Waals surface area contributed by atoms with Crippen molar-refractivity contribution >= 4 is 44.1 Å². The maximum absolute atomic E-state index is 12.7. The van der Waals surface area contributed by atoms with Crippen molar-refractivity contribution < 1.29 is 31.3 Å². The molecule has 9 heteroatoms. The summed E-state index contributed by atoms with van der Waals surface area (Å²) in [5.41, 5.74) is 13.0. The van der Waals surface area contributed by atoms with Crippen molar-refractivity contribution in [2.45, 2.75) is 105 Å². The van der Waals surface area contributed by atoms with Gasteiger partial charge in [0.15, 0.2) is 22.9 Å². The average molecular weight is 1140 g/mol. The van der Waals surface area contributed by atoms with Crippen LogP contribution in [-0.4, -0.2) is 38.4 Å². The molecule has 8 nitrogen and oxygen atoms in total. The number of phenols is 2. The molecule has 7 aromatic carbocycles. The number of nitrogens with zero attached hydrogens (tertiary/aromatic N) is 6. The van der Waals surface area contributed by atoms with Crippen LogP contribution in [0.4, 0.5) is 0 Å². The van der Waals surface area contributed by atoms with E-state index < -0.39 is 0 Å². The van der Waals surface area contributed by atoms with E-state index in [1.54, 1.807) is 0 Å². The number of imidazole rings is 2. The van der Waals surface area contributed by atoms with Crippen LogP contribution in [0.25, 0.3) is 89.7 Å². The molecular formula is C64H64N6O2Pt. The van der Waals surface area contributed by atoms with Crippen LogP contribution < -0.4 is 0 Å². The first-order valence-electron chi connectivity index (χ1n) is 25.1. The Hall–Kier alpha value is -7.15. The fraction of sp³-hybridized carbons (Fsp3) is 0.250. The molecule has 372 valence electrons. The Morgan fingerprint density at radius 3 is 0.918 bits per heavy atom. The fourth-order valence-electron chi connectivity index (χ4n) is 10.5. The number of aromatic hydroxyl groups is 2. The fourth-order valence-corrected chi connectivity index (χ4v) is 10.5. The van der Waals surface area contributed by atoms with Gasteiger partial charge < -0.3 is 10.2 Å². The van der Waals surface area contributed by atoms with Crippen LogP contribution >= 0.6 is 0 Å². The second-order valence-corrected chi connectivity index (χ2v) is 23.6. The predicted octanol–water partition coefficient (Wildman–Crippen LogP) is 16.2. The van der Waals surface area contributed by atoms with Gasteiger partial charge >= 0.3 is 0 Å². The molecular weight excluding hydrogens is 1080 g/mol. The summed E-state index contributed by atoms with van der Waals surface area (Å²) in [5, 5.41) is 27.2.